The molecule has 1 atom stereocenters. The summed E-state index contributed by atoms with van der Waals surface area (Å²) < 4.78 is 6.43. The Morgan fingerprint density at radius 3 is 2.48 bits per heavy atom. The van der Waals surface area contributed by atoms with Gasteiger partial charge in [0.1, 0.15) is 0 Å². The van der Waals surface area contributed by atoms with Gasteiger partial charge in [-0.15, -0.1) is 0 Å². The number of nitrogens with zero attached hydrogens (tertiary/aromatic N) is 2. The Labute approximate surface area is 158 Å². The molecule has 27 heavy (non-hydrogen) atoms. The standard InChI is InChI=1S/C20H27N3O4/c1-5-8-14(4)21-17(24)12-27-20(26)18-15-9-6-7-10-16(15)19(25)23(22-18)11-13(2)3/h6-7,9-10,13-14H,5,8,11-12H2,1-4H3,(H,21,24)/t14-/m0/s1. The molecule has 1 aromatic carbocycles. The number of hydrogen-bond acceptors (Lipinski definition) is 5. The van der Waals surface area contributed by atoms with E-state index in [4.69, 9.17) is 4.74 Å². The van der Waals surface area contributed by atoms with Gasteiger partial charge in [-0.05, 0) is 25.3 Å². The van der Waals surface area contributed by atoms with Gasteiger partial charge in [0.05, 0.1) is 5.39 Å². The molecule has 146 valence electrons. The van der Waals surface area contributed by atoms with Crippen LogP contribution in [0.3, 0.4) is 0 Å². The van der Waals surface area contributed by atoms with E-state index in [1.54, 1.807) is 24.3 Å². The smallest absolute Gasteiger partial charge is 0.359 e. The quantitative estimate of drug-likeness (QED) is 0.718. The highest BCUT2D eigenvalue weighted by atomic mass is 16.5. The average molecular weight is 373 g/mol. The normalized spacial score (nSPS) is 12.2. The van der Waals surface area contributed by atoms with Crippen LogP contribution >= 0.6 is 0 Å². The van der Waals surface area contributed by atoms with E-state index in [1.165, 1.54) is 4.68 Å². The molecule has 2 aromatic rings. The summed E-state index contributed by atoms with van der Waals surface area (Å²) >= 11 is 0. The molecule has 7 nitrogen and oxygen atoms in total. The molecule has 0 aliphatic rings. The maximum absolute atomic E-state index is 12.6. The summed E-state index contributed by atoms with van der Waals surface area (Å²) in [4.78, 5) is 37.0. The highest BCUT2D eigenvalue weighted by Gasteiger charge is 2.19. The average Bonchev–Trinajstić information content (AvgIpc) is 2.62. The molecule has 7 heteroatoms. The first-order valence-electron chi connectivity index (χ1n) is 9.29. The predicted octanol–water partition coefficient (Wildman–Crippen LogP) is 2.51. The third-order valence-electron chi connectivity index (χ3n) is 4.06. The van der Waals surface area contributed by atoms with Gasteiger partial charge in [-0.1, -0.05) is 45.4 Å². The van der Waals surface area contributed by atoms with Gasteiger partial charge in [-0.25, -0.2) is 9.48 Å². The minimum atomic E-state index is -0.720. The zero-order valence-electron chi connectivity index (χ0n) is 16.3. The third-order valence-corrected chi connectivity index (χ3v) is 4.06. The Morgan fingerprint density at radius 1 is 1.19 bits per heavy atom. The van der Waals surface area contributed by atoms with Gasteiger partial charge in [0.15, 0.2) is 12.3 Å². The molecular formula is C20H27N3O4. The lowest BCUT2D eigenvalue weighted by Gasteiger charge is -2.14. The molecule has 0 spiro atoms. The van der Waals surface area contributed by atoms with Gasteiger partial charge in [0, 0.05) is 18.0 Å². The molecule has 0 aliphatic heterocycles. The fraction of sp³-hybridized carbons (Fsp3) is 0.500. The van der Waals surface area contributed by atoms with Crippen molar-refractivity contribution in [2.24, 2.45) is 5.92 Å². The molecule has 0 saturated heterocycles. The molecule has 1 N–H and O–H groups in total. The van der Waals surface area contributed by atoms with Crippen molar-refractivity contribution < 1.29 is 14.3 Å². The Kier molecular flexibility index (Phi) is 7.10. The van der Waals surface area contributed by atoms with E-state index < -0.39 is 5.97 Å². The molecule has 0 bridgehead atoms. The fourth-order valence-electron chi connectivity index (χ4n) is 2.88. The molecule has 0 radical (unpaired) electrons. The Hall–Kier alpha value is -2.70. The Bertz CT molecular complexity index is 873. The van der Waals surface area contributed by atoms with Gasteiger partial charge in [0.2, 0.25) is 0 Å². The van der Waals surface area contributed by atoms with Crippen LogP contribution in [0.2, 0.25) is 0 Å². The van der Waals surface area contributed by atoms with Crippen LogP contribution in [0, 0.1) is 5.92 Å². The number of fused-ring (bicyclic) bond motifs is 1. The minimum absolute atomic E-state index is 0.0214. The van der Waals surface area contributed by atoms with Gasteiger partial charge in [-0.3, -0.25) is 9.59 Å². The van der Waals surface area contributed by atoms with E-state index in [1.807, 2.05) is 27.7 Å². The lowest BCUT2D eigenvalue weighted by Crippen LogP contribution is -2.36. The number of aromatic nitrogens is 2. The second kappa shape index (κ2) is 9.30. The summed E-state index contributed by atoms with van der Waals surface area (Å²) in [6, 6.07) is 6.80. The summed E-state index contributed by atoms with van der Waals surface area (Å²) in [5.74, 6) is -0.892. The number of carbonyl (C=O) groups is 2. The number of hydrogen-bond donors (Lipinski definition) is 1. The molecular weight excluding hydrogens is 346 g/mol. The predicted molar refractivity (Wildman–Crippen MR) is 104 cm³/mol. The molecule has 0 aliphatic carbocycles. The van der Waals surface area contributed by atoms with Crippen molar-refractivity contribution in [1.29, 1.82) is 0 Å². The van der Waals surface area contributed by atoms with Crippen LogP contribution in [0.25, 0.3) is 10.8 Å². The Morgan fingerprint density at radius 2 is 1.85 bits per heavy atom. The molecule has 1 amide bonds. The van der Waals surface area contributed by atoms with Crippen LogP contribution in [0.15, 0.2) is 29.1 Å². The topological polar surface area (TPSA) is 90.3 Å². The van der Waals surface area contributed by atoms with Gasteiger partial charge < -0.3 is 10.1 Å². The zero-order chi connectivity index (χ0) is 20.0. The van der Waals surface area contributed by atoms with Crippen LogP contribution < -0.4 is 10.9 Å². The first-order chi connectivity index (χ1) is 12.8. The summed E-state index contributed by atoms with van der Waals surface area (Å²) in [7, 11) is 0. The molecule has 0 saturated carbocycles. The number of benzene rings is 1. The SMILES string of the molecule is CCC[C@H](C)NC(=O)COC(=O)c1nn(CC(C)C)c(=O)c2ccccc12. The van der Waals surface area contributed by atoms with Crippen molar-refractivity contribution >= 4 is 22.6 Å². The fourth-order valence-corrected chi connectivity index (χ4v) is 2.88. The summed E-state index contributed by atoms with van der Waals surface area (Å²) in [5.41, 5.74) is -0.206. The number of esters is 1. The number of rotatable bonds is 8. The van der Waals surface area contributed by atoms with Gasteiger partial charge in [0.25, 0.3) is 11.5 Å². The first kappa shape index (κ1) is 20.6. The molecule has 1 aromatic heterocycles. The van der Waals surface area contributed by atoms with Crippen LogP contribution in [0.5, 0.6) is 0 Å². The van der Waals surface area contributed by atoms with Crippen molar-refractivity contribution in [2.75, 3.05) is 6.61 Å². The van der Waals surface area contributed by atoms with E-state index in [0.29, 0.717) is 17.3 Å². The van der Waals surface area contributed by atoms with Crippen molar-refractivity contribution in [1.82, 2.24) is 15.1 Å². The van der Waals surface area contributed by atoms with E-state index >= 15 is 0 Å². The van der Waals surface area contributed by atoms with Crippen LogP contribution in [-0.2, 0) is 16.1 Å². The van der Waals surface area contributed by atoms with Crippen molar-refractivity contribution in [2.45, 2.75) is 53.1 Å². The highest BCUT2D eigenvalue weighted by Crippen LogP contribution is 2.14. The van der Waals surface area contributed by atoms with Crippen molar-refractivity contribution in [3.05, 3.63) is 40.3 Å². The maximum atomic E-state index is 12.6. The highest BCUT2D eigenvalue weighted by molar-refractivity contribution is 6.02. The maximum Gasteiger partial charge on any atom is 0.359 e. The molecule has 0 unspecified atom stereocenters. The molecule has 0 fully saturated rings. The minimum Gasteiger partial charge on any atom is -0.451 e. The first-order valence-corrected chi connectivity index (χ1v) is 9.29. The van der Waals surface area contributed by atoms with E-state index in [2.05, 4.69) is 10.4 Å². The summed E-state index contributed by atoms with van der Waals surface area (Å²) in [5, 5.41) is 7.81. The second-order valence-corrected chi connectivity index (χ2v) is 7.11. The summed E-state index contributed by atoms with van der Waals surface area (Å²) in [6.45, 7) is 7.86. The molecule has 2 rings (SSSR count). The molecule has 1 heterocycles. The number of nitrogens with one attached hydrogen (secondary N) is 1. The van der Waals surface area contributed by atoms with Crippen LogP contribution in [0.4, 0.5) is 0 Å². The lowest BCUT2D eigenvalue weighted by molar-refractivity contribution is -0.124. The summed E-state index contributed by atoms with van der Waals surface area (Å²) in [6.07, 6.45) is 1.81. The van der Waals surface area contributed by atoms with E-state index in [-0.39, 0.29) is 35.7 Å². The third kappa shape index (κ3) is 5.39. The monoisotopic (exact) mass is 373 g/mol. The largest absolute Gasteiger partial charge is 0.451 e. The lowest BCUT2D eigenvalue weighted by atomic mass is 10.1. The number of carbonyl (C=O) groups excluding carboxylic acids is 2. The number of ether oxygens (including phenoxy) is 1. The van der Waals surface area contributed by atoms with Gasteiger partial charge in [-0.2, -0.15) is 5.10 Å². The van der Waals surface area contributed by atoms with Crippen LogP contribution in [0.1, 0.15) is 51.0 Å². The second-order valence-electron chi connectivity index (χ2n) is 7.11. The van der Waals surface area contributed by atoms with Gasteiger partial charge >= 0.3 is 5.97 Å². The van der Waals surface area contributed by atoms with Crippen LogP contribution in [-0.4, -0.2) is 34.3 Å². The Balaban J connectivity index is 2.23. The zero-order valence-corrected chi connectivity index (χ0v) is 16.3. The van der Waals surface area contributed by atoms with E-state index in [0.717, 1.165) is 12.8 Å². The van der Waals surface area contributed by atoms with Crippen molar-refractivity contribution in [3.63, 3.8) is 0 Å². The number of amides is 1. The van der Waals surface area contributed by atoms with Crippen molar-refractivity contribution in [3.8, 4) is 0 Å². The van der Waals surface area contributed by atoms with E-state index in [9.17, 15) is 14.4 Å².